The average molecular weight is 323 g/mol. The number of thiazole rings is 1. The Balaban J connectivity index is 1.56. The summed E-state index contributed by atoms with van der Waals surface area (Å²) in [7, 11) is 0. The molecule has 1 saturated carbocycles. The van der Waals surface area contributed by atoms with Crippen LogP contribution < -0.4 is 0 Å². The number of fused-ring (bicyclic) bond motifs is 1. The smallest absolute Gasteiger partial charge is 0.128 e. The lowest BCUT2D eigenvalue weighted by molar-refractivity contribution is 0.329. The van der Waals surface area contributed by atoms with Gasteiger partial charge in [-0.2, -0.15) is 0 Å². The highest BCUT2D eigenvalue weighted by Crippen LogP contribution is 2.36. The molecule has 4 heteroatoms. The fourth-order valence-electron chi connectivity index (χ4n) is 3.74. The van der Waals surface area contributed by atoms with Crippen LogP contribution in [-0.2, 0) is 12.8 Å². The molecule has 0 radical (unpaired) electrons. The normalized spacial score (nSPS) is 16.9. The molecule has 118 valence electrons. The van der Waals surface area contributed by atoms with Crippen molar-refractivity contribution in [2.45, 2.75) is 38.5 Å². The minimum Gasteiger partial charge on any atom is -0.241 e. The molecule has 1 aromatic carbocycles. The summed E-state index contributed by atoms with van der Waals surface area (Å²) in [6.07, 6.45) is 11.2. The van der Waals surface area contributed by atoms with Gasteiger partial charge in [0.15, 0.2) is 0 Å². The van der Waals surface area contributed by atoms with Crippen LogP contribution in [0, 0.1) is 11.8 Å². The van der Waals surface area contributed by atoms with E-state index in [4.69, 9.17) is 4.98 Å². The topological polar surface area (TPSA) is 38.7 Å². The molecule has 0 aliphatic heterocycles. The lowest BCUT2D eigenvalue weighted by Crippen LogP contribution is -2.18. The van der Waals surface area contributed by atoms with Crippen LogP contribution in [0.4, 0.5) is 0 Å². The van der Waals surface area contributed by atoms with Crippen LogP contribution in [0.2, 0.25) is 0 Å². The van der Waals surface area contributed by atoms with Crippen molar-refractivity contribution in [3.63, 3.8) is 0 Å². The van der Waals surface area contributed by atoms with Gasteiger partial charge in [-0.15, -0.1) is 11.3 Å². The number of para-hydroxylation sites is 1. The summed E-state index contributed by atoms with van der Waals surface area (Å²) in [5.41, 5.74) is 1.13. The average Bonchev–Trinajstić information content (AvgIpc) is 3.24. The molecule has 1 fully saturated rings. The molecule has 4 rings (SSSR count). The summed E-state index contributed by atoms with van der Waals surface area (Å²) in [5.74, 6) is 2.39. The quantitative estimate of drug-likeness (QED) is 0.684. The maximum atomic E-state index is 4.84. The van der Waals surface area contributed by atoms with Crippen molar-refractivity contribution in [3.8, 4) is 0 Å². The van der Waals surface area contributed by atoms with Gasteiger partial charge in [-0.1, -0.05) is 37.8 Å². The molecule has 0 N–H and O–H groups in total. The molecule has 0 amide bonds. The van der Waals surface area contributed by atoms with Crippen molar-refractivity contribution in [2.75, 3.05) is 0 Å². The lowest BCUT2D eigenvalue weighted by Gasteiger charge is -2.21. The third kappa shape index (κ3) is 3.42. The Morgan fingerprint density at radius 1 is 1.00 bits per heavy atom. The van der Waals surface area contributed by atoms with Gasteiger partial charge >= 0.3 is 0 Å². The van der Waals surface area contributed by atoms with E-state index < -0.39 is 0 Å². The monoisotopic (exact) mass is 323 g/mol. The minimum atomic E-state index is 0.612. The van der Waals surface area contributed by atoms with Gasteiger partial charge < -0.3 is 0 Å². The molecule has 1 unspecified atom stereocenters. The second-order valence-electron chi connectivity index (χ2n) is 6.45. The van der Waals surface area contributed by atoms with Gasteiger partial charge in [0.25, 0.3) is 0 Å². The number of benzene rings is 1. The summed E-state index contributed by atoms with van der Waals surface area (Å²) in [6.45, 7) is 0. The van der Waals surface area contributed by atoms with E-state index in [2.05, 4.69) is 34.2 Å². The van der Waals surface area contributed by atoms with Gasteiger partial charge in [-0.25, -0.2) is 15.0 Å². The molecule has 3 nitrogen and oxygen atoms in total. The molecular weight excluding hydrogens is 302 g/mol. The zero-order chi connectivity index (χ0) is 15.5. The van der Waals surface area contributed by atoms with E-state index in [9.17, 15) is 0 Å². The molecule has 1 aliphatic carbocycles. The maximum Gasteiger partial charge on any atom is 0.128 e. The fourth-order valence-corrected chi connectivity index (χ4v) is 4.80. The largest absolute Gasteiger partial charge is 0.241 e. The summed E-state index contributed by atoms with van der Waals surface area (Å²) in [6, 6.07) is 10.3. The van der Waals surface area contributed by atoms with Crippen molar-refractivity contribution < 1.29 is 0 Å². The number of rotatable bonds is 5. The summed E-state index contributed by atoms with van der Waals surface area (Å²) < 4.78 is 1.30. The molecule has 0 spiro atoms. The summed E-state index contributed by atoms with van der Waals surface area (Å²) in [4.78, 5) is 13.7. The van der Waals surface area contributed by atoms with E-state index >= 15 is 0 Å². The highest BCUT2D eigenvalue weighted by atomic mass is 32.1. The molecule has 1 atom stereocenters. The van der Waals surface area contributed by atoms with E-state index in [0.29, 0.717) is 5.92 Å². The van der Waals surface area contributed by atoms with Crippen LogP contribution in [-0.4, -0.2) is 15.0 Å². The van der Waals surface area contributed by atoms with Gasteiger partial charge in [0.1, 0.15) is 5.82 Å². The Labute approximate surface area is 140 Å². The fraction of sp³-hybridized carbons (Fsp3) is 0.421. The van der Waals surface area contributed by atoms with Gasteiger partial charge in [0, 0.05) is 25.2 Å². The number of hydrogen-bond donors (Lipinski definition) is 0. The first-order valence-electron chi connectivity index (χ1n) is 8.49. The van der Waals surface area contributed by atoms with Crippen molar-refractivity contribution >= 4 is 21.6 Å². The van der Waals surface area contributed by atoms with Crippen molar-refractivity contribution in [1.29, 1.82) is 0 Å². The van der Waals surface area contributed by atoms with Crippen LogP contribution in [0.25, 0.3) is 10.2 Å². The molecule has 3 aromatic rings. The third-order valence-electron chi connectivity index (χ3n) is 4.91. The second-order valence-corrected chi connectivity index (χ2v) is 7.57. The number of aromatic nitrogens is 3. The van der Waals surface area contributed by atoms with Crippen molar-refractivity contribution in [2.24, 2.45) is 11.8 Å². The van der Waals surface area contributed by atoms with Crippen molar-refractivity contribution in [1.82, 2.24) is 15.0 Å². The van der Waals surface area contributed by atoms with Gasteiger partial charge in [0.2, 0.25) is 0 Å². The Morgan fingerprint density at radius 3 is 2.57 bits per heavy atom. The Kier molecular flexibility index (Phi) is 4.33. The molecule has 1 aliphatic rings. The highest BCUT2D eigenvalue weighted by Gasteiger charge is 2.27. The van der Waals surface area contributed by atoms with Gasteiger partial charge in [-0.05, 0) is 30.0 Å². The van der Waals surface area contributed by atoms with Crippen LogP contribution in [0.5, 0.6) is 0 Å². The predicted molar refractivity (Wildman–Crippen MR) is 94.5 cm³/mol. The zero-order valence-corrected chi connectivity index (χ0v) is 14.0. The van der Waals surface area contributed by atoms with Gasteiger partial charge in [-0.3, -0.25) is 0 Å². The molecule has 0 bridgehead atoms. The van der Waals surface area contributed by atoms with Crippen molar-refractivity contribution in [3.05, 3.63) is 53.6 Å². The van der Waals surface area contributed by atoms with Gasteiger partial charge in [0.05, 0.1) is 15.2 Å². The van der Waals surface area contributed by atoms with E-state index in [1.807, 2.05) is 29.8 Å². The first-order chi connectivity index (χ1) is 11.4. The molecule has 2 aromatic heterocycles. The number of hydrogen-bond acceptors (Lipinski definition) is 4. The molecular formula is C19H21N3S. The molecule has 23 heavy (non-hydrogen) atoms. The van der Waals surface area contributed by atoms with E-state index in [1.54, 1.807) is 0 Å². The minimum absolute atomic E-state index is 0.612. The SMILES string of the molecule is c1cnc(CC(Cc2nc3ccccc3s2)C2CCCC2)nc1. The second kappa shape index (κ2) is 6.75. The highest BCUT2D eigenvalue weighted by molar-refractivity contribution is 7.18. The molecule has 0 saturated heterocycles. The standard InChI is InChI=1S/C19H21N3S/c1-2-7-14(6-1)15(12-18-20-10-5-11-21-18)13-19-22-16-8-3-4-9-17(16)23-19/h3-5,8-11,14-15H,1-2,6-7,12-13H2. The van der Waals surface area contributed by atoms with Crippen LogP contribution in [0.15, 0.2) is 42.7 Å². The Bertz CT molecular complexity index is 729. The predicted octanol–water partition coefficient (Wildman–Crippen LogP) is 4.68. The van der Waals surface area contributed by atoms with Crippen LogP contribution >= 0.6 is 11.3 Å². The van der Waals surface area contributed by atoms with Crippen LogP contribution in [0.3, 0.4) is 0 Å². The summed E-state index contributed by atoms with van der Waals surface area (Å²) in [5, 5.41) is 1.26. The van der Waals surface area contributed by atoms with E-state index in [0.717, 1.165) is 30.1 Å². The lowest BCUT2D eigenvalue weighted by atomic mass is 9.85. The van der Waals surface area contributed by atoms with E-state index in [1.165, 1.54) is 35.4 Å². The zero-order valence-electron chi connectivity index (χ0n) is 13.2. The first-order valence-corrected chi connectivity index (χ1v) is 9.30. The number of nitrogens with zero attached hydrogens (tertiary/aromatic N) is 3. The Morgan fingerprint density at radius 2 is 1.78 bits per heavy atom. The maximum absolute atomic E-state index is 4.84. The first kappa shape index (κ1) is 14.8. The summed E-state index contributed by atoms with van der Waals surface area (Å²) >= 11 is 1.84. The third-order valence-corrected chi connectivity index (χ3v) is 5.96. The van der Waals surface area contributed by atoms with Crippen LogP contribution in [0.1, 0.15) is 36.5 Å². The molecule has 2 heterocycles. The van der Waals surface area contributed by atoms with E-state index in [-0.39, 0.29) is 0 Å². The Hall–Kier alpha value is -1.81.